The van der Waals surface area contributed by atoms with Crippen molar-refractivity contribution >= 4 is 24.3 Å². The lowest BCUT2D eigenvalue weighted by molar-refractivity contribution is -0.141. The highest BCUT2D eigenvalue weighted by Crippen LogP contribution is 2.19. The van der Waals surface area contributed by atoms with Crippen molar-refractivity contribution in [2.24, 2.45) is 5.92 Å². The van der Waals surface area contributed by atoms with Crippen LogP contribution in [0.5, 0.6) is 0 Å². The van der Waals surface area contributed by atoms with Gasteiger partial charge >= 0.3 is 5.97 Å². The second-order valence-corrected chi connectivity index (χ2v) is 6.43. The van der Waals surface area contributed by atoms with Crippen molar-refractivity contribution in [3.63, 3.8) is 0 Å². The van der Waals surface area contributed by atoms with E-state index in [1.165, 1.54) is 5.56 Å². The SMILES string of the molecule is CCN(Cc1ccc(C(=O)N2CCC(C(=O)O)C2)cc1)C(C)C.Cl. The Balaban J connectivity index is 0.00000288. The molecule has 1 unspecified atom stereocenters. The van der Waals surface area contributed by atoms with E-state index in [2.05, 4.69) is 25.7 Å². The van der Waals surface area contributed by atoms with Gasteiger partial charge in [0.25, 0.3) is 5.91 Å². The molecule has 0 bridgehead atoms. The monoisotopic (exact) mass is 354 g/mol. The molecule has 134 valence electrons. The highest BCUT2D eigenvalue weighted by Gasteiger charge is 2.31. The van der Waals surface area contributed by atoms with E-state index in [9.17, 15) is 9.59 Å². The third-order valence-electron chi connectivity index (χ3n) is 4.55. The zero-order chi connectivity index (χ0) is 17.0. The molecule has 0 aromatic heterocycles. The van der Waals surface area contributed by atoms with Crippen molar-refractivity contribution in [1.29, 1.82) is 0 Å². The van der Waals surface area contributed by atoms with Crippen LogP contribution in [0.15, 0.2) is 24.3 Å². The summed E-state index contributed by atoms with van der Waals surface area (Å²) in [5.41, 5.74) is 1.81. The van der Waals surface area contributed by atoms with E-state index in [4.69, 9.17) is 5.11 Å². The first-order chi connectivity index (χ1) is 10.9. The Morgan fingerprint density at radius 3 is 2.38 bits per heavy atom. The number of halogens is 1. The number of benzene rings is 1. The summed E-state index contributed by atoms with van der Waals surface area (Å²) in [5.74, 6) is -1.32. The highest BCUT2D eigenvalue weighted by molar-refractivity contribution is 5.94. The number of likely N-dealkylation sites (tertiary alicyclic amines) is 1. The molecule has 0 radical (unpaired) electrons. The number of carboxylic acid groups (broad SMARTS) is 1. The molecular weight excluding hydrogens is 328 g/mol. The fourth-order valence-corrected chi connectivity index (χ4v) is 2.98. The van der Waals surface area contributed by atoms with Gasteiger partial charge in [-0.2, -0.15) is 0 Å². The van der Waals surface area contributed by atoms with Crippen LogP contribution in [0.1, 0.15) is 43.1 Å². The first-order valence-electron chi connectivity index (χ1n) is 8.27. The van der Waals surface area contributed by atoms with Crippen LogP contribution >= 0.6 is 12.4 Å². The predicted molar refractivity (Wildman–Crippen MR) is 96.6 cm³/mol. The fraction of sp³-hybridized carbons (Fsp3) is 0.556. The van der Waals surface area contributed by atoms with Crippen LogP contribution in [0.4, 0.5) is 0 Å². The molecule has 1 heterocycles. The van der Waals surface area contributed by atoms with Crippen LogP contribution in [0, 0.1) is 5.92 Å². The first kappa shape index (κ1) is 20.5. The molecule has 0 aliphatic carbocycles. The van der Waals surface area contributed by atoms with Gasteiger partial charge in [-0.15, -0.1) is 12.4 Å². The summed E-state index contributed by atoms with van der Waals surface area (Å²) in [6, 6.07) is 8.16. The van der Waals surface area contributed by atoms with Gasteiger partial charge in [-0.05, 0) is 44.5 Å². The minimum Gasteiger partial charge on any atom is -0.481 e. The Morgan fingerprint density at radius 1 is 1.29 bits per heavy atom. The van der Waals surface area contributed by atoms with Crippen LogP contribution in [0.2, 0.25) is 0 Å². The van der Waals surface area contributed by atoms with Crippen LogP contribution in [0.25, 0.3) is 0 Å². The molecule has 24 heavy (non-hydrogen) atoms. The van der Waals surface area contributed by atoms with Crippen molar-refractivity contribution in [3.05, 3.63) is 35.4 Å². The van der Waals surface area contributed by atoms with Gasteiger partial charge < -0.3 is 10.0 Å². The van der Waals surface area contributed by atoms with Crippen molar-refractivity contribution in [1.82, 2.24) is 9.80 Å². The largest absolute Gasteiger partial charge is 0.481 e. The minimum atomic E-state index is -0.816. The van der Waals surface area contributed by atoms with E-state index >= 15 is 0 Å². The van der Waals surface area contributed by atoms with Gasteiger partial charge in [0.2, 0.25) is 0 Å². The van der Waals surface area contributed by atoms with Gasteiger partial charge in [0.15, 0.2) is 0 Å². The molecule has 2 rings (SSSR count). The molecule has 1 aromatic carbocycles. The van der Waals surface area contributed by atoms with Gasteiger partial charge in [-0.1, -0.05) is 19.1 Å². The van der Waals surface area contributed by atoms with Crippen molar-refractivity contribution < 1.29 is 14.7 Å². The highest BCUT2D eigenvalue weighted by atomic mass is 35.5. The minimum absolute atomic E-state index is 0. The Bertz CT molecular complexity index is 560. The lowest BCUT2D eigenvalue weighted by atomic mass is 10.1. The second-order valence-electron chi connectivity index (χ2n) is 6.43. The topological polar surface area (TPSA) is 60.9 Å². The van der Waals surface area contributed by atoms with E-state index in [1.807, 2.05) is 24.3 Å². The third-order valence-corrected chi connectivity index (χ3v) is 4.55. The molecule has 1 aromatic rings. The normalized spacial score (nSPS) is 17.2. The maximum absolute atomic E-state index is 12.4. The van der Waals surface area contributed by atoms with Gasteiger partial charge in [0, 0.05) is 31.2 Å². The van der Waals surface area contributed by atoms with Gasteiger partial charge in [0.05, 0.1) is 5.92 Å². The zero-order valence-electron chi connectivity index (χ0n) is 14.6. The van der Waals surface area contributed by atoms with Crippen LogP contribution in [0.3, 0.4) is 0 Å². The second kappa shape index (κ2) is 9.04. The average molecular weight is 355 g/mol. The Morgan fingerprint density at radius 2 is 1.92 bits per heavy atom. The molecule has 1 saturated heterocycles. The van der Waals surface area contributed by atoms with Crippen molar-refractivity contribution in [2.75, 3.05) is 19.6 Å². The number of hydrogen-bond acceptors (Lipinski definition) is 3. The summed E-state index contributed by atoms with van der Waals surface area (Å²) in [6.07, 6.45) is 0.541. The number of carbonyl (C=O) groups excluding carboxylic acids is 1. The molecule has 1 amide bonds. The number of aliphatic carboxylic acids is 1. The number of hydrogen-bond donors (Lipinski definition) is 1. The quantitative estimate of drug-likeness (QED) is 0.853. The molecule has 1 N–H and O–H groups in total. The molecule has 1 aliphatic heterocycles. The fourth-order valence-electron chi connectivity index (χ4n) is 2.98. The van der Waals surface area contributed by atoms with Crippen molar-refractivity contribution in [2.45, 2.75) is 39.8 Å². The average Bonchev–Trinajstić information content (AvgIpc) is 3.02. The molecule has 5 nitrogen and oxygen atoms in total. The van der Waals surface area contributed by atoms with E-state index in [1.54, 1.807) is 4.90 Å². The molecule has 1 atom stereocenters. The molecule has 0 spiro atoms. The Kier molecular flexibility index (Phi) is 7.70. The molecule has 0 saturated carbocycles. The molecule has 1 fully saturated rings. The third kappa shape index (κ3) is 4.95. The van der Waals surface area contributed by atoms with Crippen LogP contribution in [-0.2, 0) is 11.3 Å². The molecule has 1 aliphatic rings. The Hall–Kier alpha value is -1.59. The van der Waals surface area contributed by atoms with Gasteiger partial charge in [-0.25, -0.2) is 0 Å². The first-order valence-corrected chi connectivity index (χ1v) is 8.27. The van der Waals surface area contributed by atoms with Crippen molar-refractivity contribution in [3.8, 4) is 0 Å². The lowest BCUT2D eigenvalue weighted by Crippen LogP contribution is -2.30. The summed E-state index contributed by atoms with van der Waals surface area (Å²) in [6.45, 7) is 9.18. The van der Waals surface area contributed by atoms with E-state index in [0.29, 0.717) is 31.1 Å². The molecular formula is C18H27ClN2O3. The molecule has 6 heteroatoms. The predicted octanol–water partition coefficient (Wildman–Crippen LogP) is 2.89. The number of carboxylic acids is 1. The zero-order valence-corrected chi connectivity index (χ0v) is 15.4. The number of amides is 1. The maximum Gasteiger partial charge on any atom is 0.308 e. The summed E-state index contributed by atoms with van der Waals surface area (Å²) in [7, 11) is 0. The summed E-state index contributed by atoms with van der Waals surface area (Å²) in [4.78, 5) is 27.4. The maximum atomic E-state index is 12.4. The Labute approximate surface area is 150 Å². The van der Waals surface area contributed by atoms with E-state index < -0.39 is 11.9 Å². The smallest absolute Gasteiger partial charge is 0.308 e. The number of carbonyl (C=O) groups is 2. The van der Waals surface area contributed by atoms with Crippen LogP contribution < -0.4 is 0 Å². The summed E-state index contributed by atoms with van der Waals surface area (Å²) >= 11 is 0. The van der Waals surface area contributed by atoms with Crippen LogP contribution in [-0.4, -0.2) is 52.5 Å². The summed E-state index contributed by atoms with van der Waals surface area (Å²) in [5, 5.41) is 9.03. The number of rotatable bonds is 6. The number of nitrogens with zero attached hydrogens (tertiary/aromatic N) is 2. The summed E-state index contributed by atoms with van der Waals surface area (Å²) < 4.78 is 0. The van der Waals surface area contributed by atoms with Gasteiger partial charge in [-0.3, -0.25) is 14.5 Å². The standard InChI is InChI=1S/C18H26N2O3.ClH/c1-4-19(13(2)3)11-14-5-7-15(8-6-14)17(21)20-10-9-16(12-20)18(22)23;/h5-8,13,16H,4,9-12H2,1-3H3,(H,22,23);1H. The van der Waals surface area contributed by atoms with E-state index in [0.717, 1.165) is 13.1 Å². The lowest BCUT2D eigenvalue weighted by Gasteiger charge is -2.24. The van der Waals surface area contributed by atoms with Gasteiger partial charge in [0.1, 0.15) is 0 Å². The van der Waals surface area contributed by atoms with E-state index in [-0.39, 0.29) is 18.3 Å².